The van der Waals surface area contributed by atoms with E-state index < -0.39 is 38.0 Å². The lowest BCUT2D eigenvalue weighted by Crippen LogP contribution is -2.35. The zero-order valence-electron chi connectivity index (χ0n) is 11.6. The van der Waals surface area contributed by atoms with E-state index in [2.05, 4.69) is 0 Å². The summed E-state index contributed by atoms with van der Waals surface area (Å²) in [6.07, 6.45) is 0.764. The second kappa shape index (κ2) is 5.34. The van der Waals surface area contributed by atoms with Gasteiger partial charge in [0.15, 0.2) is 11.6 Å². The number of sulfonamides is 1. The van der Waals surface area contributed by atoms with E-state index in [0.29, 0.717) is 18.7 Å². The average molecular weight is 318 g/mol. The Bertz CT molecular complexity index is 691. The molecular formula is C13H16F2N2O3S. The zero-order valence-corrected chi connectivity index (χ0v) is 12.5. The van der Waals surface area contributed by atoms with Crippen LogP contribution in [0, 0.1) is 17.6 Å². The van der Waals surface area contributed by atoms with Gasteiger partial charge in [-0.25, -0.2) is 22.3 Å². The topological polar surface area (TPSA) is 80.5 Å². The number of amides is 1. The predicted octanol–water partition coefficient (Wildman–Crippen LogP) is 1.48. The summed E-state index contributed by atoms with van der Waals surface area (Å²) in [6.45, 7) is 4.20. The molecule has 8 heteroatoms. The molecule has 1 saturated heterocycles. The summed E-state index contributed by atoms with van der Waals surface area (Å²) < 4.78 is 49.6. The van der Waals surface area contributed by atoms with E-state index in [9.17, 15) is 22.0 Å². The van der Waals surface area contributed by atoms with Crippen molar-refractivity contribution in [2.45, 2.75) is 31.2 Å². The molecule has 2 atom stereocenters. The van der Waals surface area contributed by atoms with Crippen molar-refractivity contribution in [2.24, 2.45) is 11.1 Å². The Kier molecular flexibility index (Phi) is 4.03. The molecule has 116 valence electrons. The molecule has 21 heavy (non-hydrogen) atoms. The van der Waals surface area contributed by atoms with E-state index >= 15 is 0 Å². The van der Waals surface area contributed by atoms with Crippen molar-refractivity contribution in [1.82, 2.24) is 4.90 Å². The number of benzene rings is 1. The van der Waals surface area contributed by atoms with Gasteiger partial charge in [-0.2, -0.15) is 0 Å². The second-order valence-electron chi connectivity index (χ2n) is 5.45. The van der Waals surface area contributed by atoms with Gasteiger partial charge in [-0.3, -0.25) is 4.79 Å². The van der Waals surface area contributed by atoms with Gasteiger partial charge in [0, 0.05) is 12.6 Å². The van der Waals surface area contributed by atoms with Crippen LogP contribution < -0.4 is 5.14 Å². The monoisotopic (exact) mass is 318 g/mol. The minimum absolute atomic E-state index is 0.103. The fourth-order valence-electron chi connectivity index (χ4n) is 2.67. The molecule has 0 spiro atoms. The zero-order chi connectivity index (χ0) is 15.9. The van der Waals surface area contributed by atoms with Crippen LogP contribution in [0.3, 0.4) is 0 Å². The first-order valence-corrected chi connectivity index (χ1v) is 7.98. The first-order valence-electron chi connectivity index (χ1n) is 6.44. The number of primary sulfonamides is 1. The largest absolute Gasteiger partial charge is 0.336 e. The number of nitrogens with two attached hydrogens (primary N) is 1. The molecule has 2 rings (SSSR count). The van der Waals surface area contributed by atoms with E-state index in [1.54, 1.807) is 0 Å². The lowest BCUT2D eigenvalue weighted by molar-refractivity contribution is 0.0739. The van der Waals surface area contributed by atoms with E-state index in [4.69, 9.17) is 5.14 Å². The second-order valence-corrected chi connectivity index (χ2v) is 6.98. The SMILES string of the molecule is CC1CC(C)N(C(=O)c2cc(F)c(F)cc2S(N)(=O)=O)C1. The minimum atomic E-state index is -4.33. The quantitative estimate of drug-likeness (QED) is 0.897. The van der Waals surface area contributed by atoms with Crippen LogP contribution >= 0.6 is 0 Å². The van der Waals surface area contributed by atoms with Crippen molar-refractivity contribution < 1.29 is 22.0 Å². The third-order valence-corrected chi connectivity index (χ3v) is 4.56. The lowest BCUT2D eigenvalue weighted by Gasteiger charge is -2.22. The molecule has 0 aromatic heterocycles. The maximum atomic E-state index is 13.4. The number of hydrogen-bond acceptors (Lipinski definition) is 3. The van der Waals surface area contributed by atoms with E-state index in [-0.39, 0.29) is 12.0 Å². The maximum absolute atomic E-state index is 13.4. The molecule has 1 aromatic rings. The maximum Gasteiger partial charge on any atom is 0.255 e. The van der Waals surface area contributed by atoms with Crippen molar-refractivity contribution in [3.63, 3.8) is 0 Å². The van der Waals surface area contributed by atoms with Crippen LogP contribution in [0.5, 0.6) is 0 Å². The molecule has 1 aliphatic heterocycles. The van der Waals surface area contributed by atoms with Gasteiger partial charge in [0.1, 0.15) is 0 Å². The summed E-state index contributed by atoms with van der Waals surface area (Å²) in [5.41, 5.74) is -0.433. The fraction of sp³-hybridized carbons (Fsp3) is 0.462. The summed E-state index contributed by atoms with van der Waals surface area (Å²) in [4.78, 5) is 13.2. The Hall–Kier alpha value is -1.54. The highest BCUT2D eigenvalue weighted by Crippen LogP contribution is 2.27. The van der Waals surface area contributed by atoms with Gasteiger partial charge < -0.3 is 4.90 Å². The number of carbonyl (C=O) groups excluding carboxylic acids is 1. The molecule has 5 nitrogen and oxygen atoms in total. The van der Waals surface area contributed by atoms with Crippen LogP contribution in [0.2, 0.25) is 0 Å². The Balaban J connectivity index is 2.53. The third kappa shape index (κ3) is 3.06. The smallest absolute Gasteiger partial charge is 0.255 e. The van der Waals surface area contributed by atoms with Gasteiger partial charge in [0.05, 0.1) is 10.5 Å². The number of nitrogens with zero attached hydrogens (tertiary/aromatic N) is 1. The van der Waals surface area contributed by atoms with Gasteiger partial charge in [-0.05, 0) is 31.4 Å². The molecule has 1 amide bonds. The molecule has 2 unspecified atom stereocenters. The van der Waals surface area contributed by atoms with Crippen LogP contribution in [0.1, 0.15) is 30.6 Å². The molecule has 0 aliphatic carbocycles. The lowest BCUT2D eigenvalue weighted by atomic mass is 10.1. The Labute approximate surface area is 121 Å². The molecular weight excluding hydrogens is 302 g/mol. The number of rotatable bonds is 2. The number of halogens is 2. The molecule has 0 saturated carbocycles. The summed E-state index contributed by atoms with van der Waals surface area (Å²) in [5.74, 6) is -3.05. The van der Waals surface area contributed by atoms with Crippen LogP contribution in [0.4, 0.5) is 8.78 Å². The Morgan fingerprint density at radius 3 is 2.33 bits per heavy atom. The third-order valence-electron chi connectivity index (χ3n) is 3.60. The standard InChI is InChI=1S/C13H16F2N2O3S/c1-7-3-8(2)17(6-7)13(18)9-4-10(14)11(15)5-12(9)21(16,19)20/h4-5,7-8H,3,6H2,1-2H3,(H2,16,19,20). The van der Waals surface area contributed by atoms with Crippen LogP contribution in [-0.4, -0.2) is 31.8 Å². The van der Waals surface area contributed by atoms with Crippen molar-refractivity contribution in [1.29, 1.82) is 0 Å². The average Bonchev–Trinajstić information content (AvgIpc) is 2.69. The molecule has 1 fully saturated rings. The summed E-state index contributed by atoms with van der Waals surface area (Å²) in [5, 5.41) is 4.99. The van der Waals surface area contributed by atoms with Gasteiger partial charge in [-0.1, -0.05) is 6.92 Å². The molecule has 1 aliphatic rings. The molecule has 0 bridgehead atoms. The predicted molar refractivity (Wildman–Crippen MR) is 72.0 cm³/mol. The molecule has 2 N–H and O–H groups in total. The summed E-state index contributed by atoms with van der Waals surface area (Å²) in [7, 11) is -4.33. The first-order chi connectivity index (χ1) is 9.61. The molecule has 1 heterocycles. The molecule has 0 radical (unpaired) electrons. The van der Waals surface area contributed by atoms with Crippen LogP contribution in [-0.2, 0) is 10.0 Å². The van der Waals surface area contributed by atoms with Gasteiger partial charge in [0.25, 0.3) is 5.91 Å². The normalized spacial score (nSPS) is 22.6. The summed E-state index contributed by atoms with van der Waals surface area (Å²) >= 11 is 0. The van der Waals surface area contributed by atoms with Crippen molar-refractivity contribution >= 4 is 15.9 Å². The highest BCUT2D eigenvalue weighted by molar-refractivity contribution is 7.89. The van der Waals surface area contributed by atoms with Crippen molar-refractivity contribution in [3.05, 3.63) is 29.3 Å². The number of hydrogen-bond donors (Lipinski definition) is 1. The van der Waals surface area contributed by atoms with Crippen molar-refractivity contribution in [2.75, 3.05) is 6.54 Å². The van der Waals surface area contributed by atoms with Crippen LogP contribution in [0.15, 0.2) is 17.0 Å². The Morgan fingerprint density at radius 1 is 1.29 bits per heavy atom. The highest BCUT2D eigenvalue weighted by atomic mass is 32.2. The summed E-state index contributed by atoms with van der Waals surface area (Å²) in [6, 6.07) is 0.934. The first kappa shape index (κ1) is 15.8. The van der Waals surface area contributed by atoms with Gasteiger partial charge in [-0.15, -0.1) is 0 Å². The van der Waals surface area contributed by atoms with E-state index in [1.807, 2.05) is 13.8 Å². The number of likely N-dealkylation sites (tertiary alicyclic amines) is 1. The van der Waals surface area contributed by atoms with E-state index in [0.717, 1.165) is 6.42 Å². The van der Waals surface area contributed by atoms with Gasteiger partial charge in [0.2, 0.25) is 10.0 Å². The number of carbonyl (C=O) groups is 1. The minimum Gasteiger partial charge on any atom is -0.336 e. The molecule has 1 aromatic carbocycles. The van der Waals surface area contributed by atoms with Crippen molar-refractivity contribution in [3.8, 4) is 0 Å². The fourth-order valence-corrected chi connectivity index (χ4v) is 3.39. The van der Waals surface area contributed by atoms with Crippen LogP contribution in [0.25, 0.3) is 0 Å². The van der Waals surface area contributed by atoms with Gasteiger partial charge >= 0.3 is 0 Å². The Morgan fingerprint density at radius 2 is 1.86 bits per heavy atom. The highest BCUT2D eigenvalue weighted by Gasteiger charge is 2.33. The van der Waals surface area contributed by atoms with E-state index in [1.165, 1.54) is 4.90 Å².